The van der Waals surface area contributed by atoms with E-state index in [0.29, 0.717) is 5.82 Å². The molecule has 0 aliphatic heterocycles. The largest absolute Gasteiger partial charge is 0.456 e. The van der Waals surface area contributed by atoms with Gasteiger partial charge in [0, 0.05) is 27.5 Å². The molecule has 0 amide bonds. The van der Waals surface area contributed by atoms with Gasteiger partial charge in [-0.3, -0.25) is 0 Å². The second kappa shape index (κ2) is 13.4. The molecule has 13 rings (SSSR count). The van der Waals surface area contributed by atoms with Crippen molar-refractivity contribution in [1.29, 1.82) is 0 Å². The molecule has 0 atom stereocenters. The second-order valence-corrected chi connectivity index (χ2v) is 16.3. The minimum absolute atomic E-state index is 0.603. The molecule has 288 valence electrons. The van der Waals surface area contributed by atoms with Gasteiger partial charge in [-0.15, -0.1) is 0 Å². The highest BCUT2D eigenvalue weighted by Crippen LogP contribution is 2.61. The van der Waals surface area contributed by atoms with Crippen molar-refractivity contribution in [2.75, 3.05) is 0 Å². The highest BCUT2D eigenvalue weighted by Gasteiger charge is 2.49. The van der Waals surface area contributed by atoms with E-state index >= 15 is 0 Å². The fourth-order valence-corrected chi connectivity index (χ4v) is 10.6. The lowest BCUT2D eigenvalue weighted by molar-refractivity contribution is 0.669. The molecule has 0 saturated heterocycles. The van der Waals surface area contributed by atoms with Crippen LogP contribution in [0.2, 0.25) is 0 Å². The van der Waals surface area contributed by atoms with Gasteiger partial charge < -0.3 is 4.42 Å². The first-order valence-electron chi connectivity index (χ1n) is 21.2. The summed E-state index contributed by atoms with van der Waals surface area (Å²) in [6.07, 6.45) is 0. The van der Waals surface area contributed by atoms with Crippen molar-refractivity contribution in [2.45, 2.75) is 5.41 Å². The molecule has 0 N–H and O–H groups in total. The maximum atomic E-state index is 6.41. The SMILES string of the molecule is c1ccc(-c2ccccc2-c2nc(-c3ccc4c(c3)C3(c5ccccc5-c5ccccc5-c5ccccc53)c3ccccc3-4)cc(-c3cccc4oc5ccccc5c34)n2)cc1. The van der Waals surface area contributed by atoms with Crippen LogP contribution in [0.5, 0.6) is 0 Å². The molecule has 0 saturated carbocycles. The quantitative estimate of drug-likeness (QED) is 0.178. The Kier molecular flexibility index (Phi) is 7.52. The highest BCUT2D eigenvalue weighted by molar-refractivity contribution is 6.12. The zero-order valence-corrected chi connectivity index (χ0v) is 33.6. The molecule has 2 aliphatic carbocycles. The van der Waals surface area contributed by atoms with Crippen molar-refractivity contribution < 1.29 is 4.42 Å². The standard InChI is InChI=1S/C59H36N2O/c1-2-17-37(18-3-1)39-19-4-7-25-46(39)58-60-53(36-54(61-58)47-27-16-32-56-57(47)48-26-11-15-31-55(48)62-56)38-33-34-45-44-24-10-14-30-51(44)59(52(45)35-38)49-28-12-8-22-42(49)40-20-5-6-21-41(40)43-23-9-13-29-50(43)59/h1-36H. The van der Waals surface area contributed by atoms with Crippen LogP contribution >= 0.6 is 0 Å². The molecule has 1 spiro atoms. The zero-order chi connectivity index (χ0) is 40.8. The Morgan fingerprint density at radius 3 is 1.50 bits per heavy atom. The van der Waals surface area contributed by atoms with E-state index in [-0.39, 0.29) is 0 Å². The molecule has 9 aromatic carbocycles. The molecular formula is C59H36N2O. The van der Waals surface area contributed by atoms with Gasteiger partial charge >= 0.3 is 0 Å². The van der Waals surface area contributed by atoms with Crippen LogP contribution in [0.4, 0.5) is 0 Å². The van der Waals surface area contributed by atoms with Gasteiger partial charge in [0.05, 0.1) is 16.8 Å². The lowest BCUT2D eigenvalue weighted by atomic mass is 9.65. The predicted octanol–water partition coefficient (Wildman–Crippen LogP) is 15.1. The highest BCUT2D eigenvalue weighted by atomic mass is 16.3. The number of hydrogen-bond donors (Lipinski definition) is 0. The van der Waals surface area contributed by atoms with Gasteiger partial charge in [0.25, 0.3) is 0 Å². The normalized spacial score (nSPS) is 13.0. The Bertz CT molecular complexity index is 3530. The number of nitrogens with zero attached hydrogens (tertiary/aromatic N) is 2. The third-order valence-corrected chi connectivity index (χ3v) is 13.2. The monoisotopic (exact) mass is 788 g/mol. The number of para-hydroxylation sites is 1. The Morgan fingerprint density at radius 2 is 0.806 bits per heavy atom. The first-order valence-corrected chi connectivity index (χ1v) is 21.2. The third-order valence-electron chi connectivity index (χ3n) is 13.2. The van der Waals surface area contributed by atoms with Crippen molar-refractivity contribution in [2.24, 2.45) is 0 Å². The molecule has 0 unspecified atom stereocenters. The summed E-state index contributed by atoms with van der Waals surface area (Å²) in [6, 6.07) is 78.7. The molecule has 0 bridgehead atoms. The van der Waals surface area contributed by atoms with Crippen LogP contribution in [0.15, 0.2) is 223 Å². The summed E-state index contributed by atoms with van der Waals surface area (Å²) in [7, 11) is 0. The van der Waals surface area contributed by atoms with E-state index in [1.165, 1.54) is 55.6 Å². The van der Waals surface area contributed by atoms with E-state index in [1.54, 1.807) is 0 Å². The van der Waals surface area contributed by atoms with Gasteiger partial charge in [-0.25, -0.2) is 9.97 Å². The number of furan rings is 1. The molecule has 62 heavy (non-hydrogen) atoms. The molecule has 2 aliphatic rings. The van der Waals surface area contributed by atoms with Crippen molar-refractivity contribution in [1.82, 2.24) is 9.97 Å². The summed E-state index contributed by atoms with van der Waals surface area (Å²) in [5.41, 5.74) is 20.5. The molecule has 2 heterocycles. The van der Waals surface area contributed by atoms with Crippen molar-refractivity contribution in [3.8, 4) is 78.4 Å². The van der Waals surface area contributed by atoms with Gasteiger partial charge in [0.2, 0.25) is 0 Å². The first-order chi connectivity index (χ1) is 30.8. The molecule has 0 radical (unpaired) electrons. The van der Waals surface area contributed by atoms with Crippen molar-refractivity contribution in [3.63, 3.8) is 0 Å². The molecule has 11 aromatic rings. The van der Waals surface area contributed by atoms with Gasteiger partial charge in [-0.05, 0) is 91.0 Å². The summed E-state index contributed by atoms with van der Waals surface area (Å²) >= 11 is 0. The van der Waals surface area contributed by atoms with Crippen LogP contribution in [-0.4, -0.2) is 9.97 Å². The molecular weight excluding hydrogens is 753 g/mol. The summed E-state index contributed by atoms with van der Waals surface area (Å²) in [5.74, 6) is 0.667. The Morgan fingerprint density at radius 1 is 0.306 bits per heavy atom. The summed E-state index contributed by atoms with van der Waals surface area (Å²) in [5, 5.41) is 2.11. The molecule has 2 aromatic heterocycles. The zero-order valence-electron chi connectivity index (χ0n) is 33.6. The lowest BCUT2D eigenvalue weighted by Crippen LogP contribution is -2.29. The van der Waals surface area contributed by atoms with Crippen LogP contribution < -0.4 is 0 Å². The van der Waals surface area contributed by atoms with Gasteiger partial charge in [0.1, 0.15) is 11.2 Å². The topological polar surface area (TPSA) is 38.9 Å². The van der Waals surface area contributed by atoms with E-state index < -0.39 is 5.41 Å². The number of benzene rings is 9. The Hall–Kier alpha value is -8.14. The van der Waals surface area contributed by atoms with Crippen LogP contribution in [0.25, 0.3) is 100 Å². The van der Waals surface area contributed by atoms with E-state index in [2.05, 4.69) is 200 Å². The number of fused-ring (bicyclic) bond motifs is 15. The Labute approximate surface area is 359 Å². The molecule has 0 fully saturated rings. The van der Waals surface area contributed by atoms with E-state index in [9.17, 15) is 0 Å². The molecule has 3 nitrogen and oxygen atoms in total. The maximum Gasteiger partial charge on any atom is 0.161 e. The average molecular weight is 789 g/mol. The van der Waals surface area contributed by atoms with E-state index in [4.69, 9.17) is 14.4 Å². The number of aromatic nitrogens is 2. The van der Waals surface area contributed by atoms with E-state index in [1.807, 2.05) is 18.2 Å². The molecule has 3 heteroatoms. The fourth-order valence-electron chi connectivity index (χ4n) is 10.6. The smallest absolute Gasteiger partial charge is 0.161 e. The van der Waals surface area contributed by atoms with Crippen LogP contribution in [0.1, 0.15) is 22.3 Å². The fraction of sp³-hybridized carbons (Fsp3) is 0.0169. The van der Waals surface area contributed by atoms with Crippen LogP contribution in [0, 0.1) is 0 Å². The van der Waals surface area contributed by atoms with Gasteiger partial charge in [0.15, 0.2) is 5.82 Å². The van der Waals surface area contributed by atoms with Crippen LogP contribution in [-0.2, 0) is 5.41 Å². The third kappa shape index (κ3) is 4.94. The first kappa shape index (κ1) is 34.7. The van der Waals surface area contributed by atoms with Gasteiger partial charge in [-0.2, -0.15) is 0 Å². The maximum absolute atomic E-state index is 6.41. The summed E-state index contributed by atoms with van der Waals surface area (Å²) in [6.45, 7) is 0. The minimum Gasteiger partial charge on any atom is -0.456 e. The van der Waals surface area contributed by atoms with Crippen molar-refractivity contribution in [3.05, 3.63) is 241 Å². The second-order valence-electron chi connectivity index (χ2n) is 16.3. The number of hydrogen-bond acceptors (Lipinski definition) is 3. The van der Waals surface area contributed by atoms with Crippen LogP contribution in [0.3, 0.4) is 0 Å². The van der Waals surface area contributed by atoms with Gasteiger partial charge in [-0.1, -0.05) is 194 Å². The number of rotatable bonds is 4. The Balaban J connectivity index is 1.11. The predicted molar refractivity (Wildman–Crippen MR) is 253 cm³/mol. The summed E-state index contributed by atoms with van der Waals surface area (Å²) in [4.78, 5) is 11.0. The average Bonchev–Trinajstić information content (AvgIpc) is 3.84. The summed E-state index contributed by atoms with van der Waals surface area (Å²) < 4.78 is 6.41. The van der Waals surface area contributed by atoms with Crippen molar-refractivity contribution >= 4 is 21.9 Å². The van der Waals surface area contributed by atoms with E-state index in [0.717, 1.165) is 61.1 Å². The minimum atomic E-state index is -0.603. The lowest BCUT2D eigenvalue weighted by Gasteiger charge is -2.35.